The number of H-pyrrole nitrogens is 1. The summed E-state index contributed by atoms with van der Waals surface area (Å²) in [5.74, 6) is -2.09. The predicted octanol–water partition coefficient (Wildman–Crippen LogP) is 6.20. The number of aromatic nitrogens is 5. The molecule has 2 unspecified atom stereocenters. The lowest BCUT2D eigenvalue weighted by atomic mass is 9.92. The van der Waals surface area contributed by atoms with Crippen molar-refractivity contribution < 1.29 is 13.6 Å². The van der Waals surface area contributed by atoms with E-state index in [1.165, 1.54) is 23.0 Å². The summed E-state index contributed by atoms with van der Waals surface area (Å²) in [4.78, 5) is 42.8. The van der Waals surface area contributed by atoms with Crippen molar-refractivity contribution in [2.24, 2.45) is 0 Å². The van der Waals surface area contributed by atoms with Crippen molar-refractivity contribution in [1.82, 2.24) is 29.6 Å². The highest BCUT2D eigenvalue weighted by Crippen LogP contribution is 2.46. The molecule has 3 aromatic heterocycles. The molecule has 49 heavy (non-hydrogen) atoms. The molecule has 1 amide bonds. The van der Waals surface area contributed by atoms with E-state index >= 15 is 13.6 Å². The summed E-state index contributed by atoms with van der Waals surface area (Å²) >= 11 is 0. The molecule has 12 heteroatoms. The first-order chi connectivity index (χ1) is 23.3. The van der Waals surface area contributed by atoms with Gasteiger partial charge >= 0.3 is 0 Å². The average molecular weight is 667 g/mol. The van der Waals surface area contributed by atoms with Gasteiger partial charge in [-0.15, -0.1) is 0 Å². The van der Waals surface area contributed by atoms with Crippen LogP contribution in [0.3, 0.4) is 0 Å². The number of hydrogen-bond donors (Lipinski definition) is 1. The molecule has 2 aliphatic rings. The van der Waals surface area contributed by atoms with Crippen LogP contribution in [0.2, 0.25) is 0 Å². The fraction of sp³-hybridized carbons (Fsp3) is 0.378. The van der Waals surface area contributed by atoms with Gasteiger partial charge in [0, 0.05) is 49.1 Å². The number of aromatic amines is 1. The number of rotatable bonds is 5. The minimum atomic E-state index is -0.863. The molecule has 254 valence electrons. The molecular formula is C37H40F2N8O2. The first-order valence-electron chi connectivity index (χ1n) is 16.6. The summed E-state index contributed by atoms with van der Waals surface area (Å²) < 4.78 is 36.1. The van der Waals surface area contributed by atoms with Crippen molar-refractivity contribution in [2.75, 3.05) is 36.5 Å². The SMILES string of the molecule is C=CC(=O)N1CC2CN(C)c3c(c4cc(F)c(-c5c(C)ccc6[nH]ncc56)c(F)c4n(-c4c(C(C)C)ncnc4C(C)C)c3=O)N2CC1C. The monoisotopic (exact) mass is 666 g/mol. The van der Waals surface area contributed by atoms with Crippen LogP contribution in [0.4, 0.5) is 20.2 Å². The van der Waals surface area contributed by atoms with Gasteiger partial charge in [-0.05, 0) is 49.5 Å². The largest absolute Gasteiger partial charge is 0.366 e. The first kappa shape index (κ1) is 32.4. The van der Waals surface area contributed by atoms with Gasteiger partial charge in [-0.2, -0.15) is 5.10 Å². The third kappa shape index (κ3) is 4.82. The number of piperazine rings is 1. The van der Waals surface area contributed by atoms with Gasteiger partial charge in [0.05, 0.1) is 51.6 Å². The van der Waals surface area contributed by atoms with E-state index in [-0.39, 0.29) is 46.3 Å². The highest BCUT2D eigenvalue weighted by Gasteiger charge is 2.42. The number of pyridine rings is 1. The Labute approximate surface area is 283 Å². The third-order valence-electron chi connectivity index (χ3n) is 10.0. The number of carbonyl (C=O) groups is 1. The van der Waals surface area contributed by atoms with Crippen molar-refractivity contribution in [3.63, 3.8) is 0 Å². The van der Waals surface area contributed by atoms with Gasteiger partial charge in [0.2, 0.25) is 5.91 Å². The molecule has 1 fully saturated rings. The Hall–Kier alpha value is -5.13. The van der Waals surface area contributed by atoms with E-state index in [0.717, 1.165) is 0 Å². The van der Waals surface area contributed by atoms with Crippen LogP contribution in [-0.4, -0.2) is 74.3 Å². The van der Waals surface area contributed by atoms with E-state index in [9.17, 15) is 4.79 Å². The Morgan fingerprint density at radius 3 is 2.35 bits per heavy atom. The number of aryl methyl sites for hydroxylation is 1. The maximum atomic E-state index is 17.8. The van der Waals surface area contributed by atoms with E-state index < -0.39 is 17.2 Å². The van der Waals surface area contributed by atoms with Gasteiger partial charge in [-0.3, -0.25) is 19.3 Å². The van der Waals surface area contributed by atoms with Gasteiger partial charge < -0.3 is 14.7 Å². The molecule has 5 heterocycles. The van der Waals surface area contributed by atoms with Crippen LogP contribution in [0.15, 0.2) is 48.2 Å². The number of amides is 1. The molecule has 2 atom stereocenters. The average Bonchev–Trinajstić information content (AvgIpc) is 3.54. The van der Waals surface area contributed by atoms with E-state index in [1.807, 2.05) is 52.6 Å². The van der Waals surface area contributed by atoms with Crippen LogP contribution in [0, 0.1) is 18.6 Å². The molecule has 0 bridgehead atoms. The number of benzene rings is 2. The Morgan fingerprint density at radius 1 is 1.00 bits per heavy atom. The molecule has 2 aromatic carbocycles. The fourth-order valence-corrected chi connectivity index (χ4v) is 7.76. The number of halogens is 2. The molecule has 10 nitrogen and oxygen atoms in total. The standard InChI is InChI=1S/C37H40F2N8O2/c1-9-27(48)45-16-22-15-44(8)36-34(46(22)14-21(45)7)23-12-25(38)29(28-20(6)10-11-26-24(28)13-42-43-26)30(39)33(23)47(37(36)49)35-31(18(2)3)40-17-41-32(35)19(4)5/h9-13,17-19,21-22H,1,14-16H2,2-8H3,(H,42,43). The van der Waals surface area contributed by atoms with Crippen LogP contribution in [0.25, 0.3) is 38.6 Å². The van der Waals surface area contributed by atoms with Crippen LogP contribution in [0.5, 0.6) is 0 Å². The van der Waals surface area contributed by atoms with Crippen LogP contribution in [0.1, 0.15) is 63.4 Å². The Balaban J connectivity index is 1.65. The number of likely N-dealkylation sites (N-methyl/N-ethyl adjacent to an activating group) is 1. The van der Waals surface area contributed by atoms with Gasteiger partial charge in [0.25, 0.3) is 5.56 Å². The van der Waals surface area contributed by atoms with Crippen molar-refractivity contribution in [3.05, 3.63) is 82.3 Å². The topological polar surface area (TPSA) is 103 Å². The quantitative estimate of drug-likeness (QED) is 0.223. The molecule has 0 radical (unpaired) electrons. The molecule has 0 aliphatic carbocycles. The van der Waals surface area contributed by atoms with E-state index in [2.05, 4.69) is 31.6 Å². The van der Waals surface area contributed by atoms with Gasteiger partial charge in [-0.25, -0.2) is 18.7 Å². The summed E-state index contributed by atoms with van der Waals surface area (Å²) in [7, 11) is 1.81. The van der Waals surface area contributed by atoms with Crippen molar-refractivity contribution in [3.8, 4) is 16.8 Å². The molecule has 1 saturated heterocycles. The summed E-state index contributed by atoms with van der Waals surface area (Å²) in [5.41, 5.74) is 3.26. The molecule has 7 rings (SSSR count). The number of hydrogen-bond acceptors (Lipinski definition) is 7. The highest BCUT2D eigenvalue weighted by atomic mass is 19.1. The van der Waals surface area contributed by atoms with Crippen LogP contribution < -0.4 is 15.4 Å². The Kier molecular flexibility index (Phi) is 7.79. The van der Waals surface area contributed by atoms with Crippen molar-refractivity contribution in [2.45, 2.75) is 65.5 Å². The molecule has 0 saturated carbocycles. The fourth-order valence-electron chi connectivity index (χ4n) is 7.76. The van der Waals surface area contributed by atoms with Crippen molar-refractivity contribution >= 4 is 39.1 Å². The second-order valence-electron chi connectivity index (χ2n) is 13.9. The van der Waals surface area contributed by atoms with Gasteiger partial charge in [-0.1, -0.05) is 40.3 Å². The maximum Gasteiger partial charge on any atom is 0.281 e. The lowest BCUT2D eigenvalue weighted by Gasteiger charge is -2.51. The van der Waals surface area contributed by atoms with Crippen LogP contribution in [-0.2, 0) is 4.79 Å². The zero-order valence-electron chi connectivity index (χ0n) is 28.8. The Bertz CT molecular complexity index is 2210. The van der Waals surface area contributed by atoms with Gasteiger partial charge in [0.15, 0.2) is 5.82 Å². The summed E-state index contributed by atoms with van der Waals surface area (Å²) in [6.07, 6.45) is 4.34. The number of fused-ring (bicyclic) bond motifs is 6. The smallest absolute Gasteiger partial charge is 0.281 e. The summed E-state index contributed by atoms with van der Waals surface area (Å²) in [6, 6.07) is 4.50. The van der Waals surface area contributed by atoms with E-state index in [0.29, 0.717) is 70.1 Å². The normalized spacial score (nSPS) is 17.7. The summed E-state index contributed by atoms with van der Waals surface area (Å²) in [6.45, 7) is 16.4. The highest BCUT2D eigenvalue weighted by molar-refractivity contribution is 6.05. The zero-order valence-corrected chi connectivity index (χ0v) is 28.8. The lowest BCUT2D eigenvalue weighted by molar-refractivity contribution is -0.128. The van der Waals surface area contributed by atoms with E-state index in [4.69, 9.17) is 0 Å². The summed E-state index contributed by atoms with van der Waals surface area (Å²) in [5, 5.41) is 7.87. The number of carbonyl (C=O) groups excluding carboxylic acids is 1. The molecule has 1 N–H and O–H groups in total. The number of nitrogens with zero attached hydrogens (tertiary/aromatic N) is 7. The van der Waals surface area contributed by atoms with Gasteiger partial charge in [0.1, 0.15) is 17.8 Å². The van der Waals surface area contributed by atoms with Crippen molar-refractivity contribution in [1.29, 1.82) is 0 Å². The van der Waals surface area contributed by atoms with Crippen LogP contribution >= 0.6 is 0 Å². The number of anilines is 2. The predicted molar refractivity (Wildman–Crippen MR) is 189 cm³/mol. The molecular weight excluding hydrogens is 626 g/mol. The van der Waals surface area contributed by atoms with E-state index in [1.54, 1.807) is 24.1 Å². The third-order valence-corrected chi connectivity index (χ3v) is 10.0. The minimum Gasteiger partial charge on any atom is -0.366 e. The molecule has 5 aromatic rings. The molecule has 0 spiro atoms. The first-order valence-corrected chi connectivity index (χ1v) is 16.6. The maximum absolute atomic E-state index is 17.8. The second kappa shape index (κ2) is 11.8. The molecule has 2 aliphatic heterocycles. The Morgan fingerprint density at radius 2 is 1.69 bits per heavy atom. The number of nitrogens with one attached hydrogen (secondary N) is 1. The minimum absolute atomic E-state index is 0.0510. The lowest BCUT2D eigenvalue weighted by Crippen LogP contribution is -2.64. The zero-order chi connectivity index (χ0) is 35.0. The second-order valence-corrected chi connectivity index (χ2v) is 13.9.